The molecule has 1 aromatic carbocycles. The number of carbonyl (C=O) groups excluding carboxylic acids is 3. The standard InChI is InChI=1S/C21H29NO5/c1-20(2,3)27-19(25)22-17(15-11-7-5-8-12-15)21(18(24)26-4)14-10-6-9-13-16(21)23/h5,7-8,11-12,17H,6,9-10,13-14H2,1-4H3,(H,22,25)/t17-,21-/m1/s1. The Balaban J connectivity index is 2.52. The van der Waals surface area contributed by atoms with Gasteiger partial charge in [0.2, 0.25) is 0 Å². The molecule has 1 fully saturated rings. The van der Waals surface area contributed by atoms with E-state index in [2.05, 4.69) is 5.32 Å². The van der Waals surface area contributed by atoms with Gasteiger partial charge in [0.15, 0.2) is 11.2 Å². The SMILES string of the molecule is COC(=O)[C@]1([C@H](NC(=O)OC(C)(C)C)c2ccccc2)CCCCCC1=O. The van der Waals surface area contributed by atoms with E-state index in [-0.39, 0.29) is 12.2 Å². The molecule has 2 atom stereocenters. The average Bonchev–Trinajstić information content (AvgIpc) is 2.80. The Morgan fingerprint density at radius 3 is 2.37 bits per heavy atom. The minimum atomic E-state index is -1.45. The van der Waals surface area contributed by atoms with E-state index < -0.39 is 29.1 Å². The maximum Gasteiger partial charge on any atom is 0.408 e. The summed E-state index contributed by atoms with van der Waals surface area (Å²) in [5.41, 5.74) is -1.48. The zero-order valence-electron chi connectivity index (χ0n) is 16.5. The number of alkyl carbamates (subject to hydrolysis) is 1. The maximum absolute atomic E-state index is 13.1. The lowest BCUT2D eigenvalue weighted by Crippen LogP contribution is -2.51. The van der Waals surface area contributed by atoms with Crippen LogP contribution < -0.4 is 5.32 Å². The zero-order chi connectivity index (χ0) is 20.1. The van der Waals surface area contributed by atoms with Gasteiger partial charge in [-0.05, 0) is 39.2 Å². The van der Waals surface area contributed by atoms with Crippen LogP contribution in [0.4, 0.5) is 4.79 Å². The normalized spacial score (nSPS) is 21.7. The molecular formula is C21H29NO5. The molecule has 0 bridgehead atoms. The highest BCUT2D eigenvalue weighted by molar-refractivity contribution is 6.05. The van der Waals surface area contributed by atoms with Crippen molar-refractivity contribution in [3.63, 3.8) is 0 Å². The topological polar surface area (TPSA) is 81.7 Å². The lowest BCUT2D eigenvalue weighted by Gasteiger charge is -2.37. The summed E-state index contributed by atoms with van der Waals surface area (Å²) >= 11 is 0. The molecule has 0 aromatic heterocycles. The number of esters is 1. The Labute approximate surface area is 160 Å². The molecule has 6 heteroatoms. The van der Waals surface area contributed by atoms with Crippen molar-refractivity contribution in [1.82, 2.24) is 5.32 Å². The van der Waals surface area contributed by atoms with Gasteiger partial charge in [0.25, 0.3) is 0 Å². The monoisotopic (exact) mass is 375 g/mol. The molecule has 0 spiro atoms. The molecule has 2 rings (SSSR count). The number of amides is 1. The van der Waals surface area contributed by atoms with Gasteiger partial charge in [-0.15, -0.1) is 0 Å². The van der Waals surface area contributed by atoms with Crippen molar-refractivity contribution in [3.05, 3.63) is 35.9 Å². The van der Waals surface area contributed by atoms with Gasteiger partial charge in [0, 0.05) is 6.42 Å². The van der Waals surface area contributed by atoms with E-state index in [0.717, 1.165) is 12.8 Å². The Kier molecular flexibility index (Phi) is 6.63. The van der Waals surface area contributed by atoms with Crippen LogP contribution in [0.3, 0.4) is 0 Å². The first kappa shape index (κ1) is 20.9. The lowest BCUT2D eigenvalue weighted by atomic mass is 9.70. The third-order valence-electron chi connectivity index (χ3n) is 4.81. The van der Waals surface area contributed by atoms with E-state index in [9.17, 15) is 14.4 Å². The fraction of sp³-hybridized carbons (Fsp3) is 0.571. The van der Waals surface area contributed by atoms with Crippen molar-refractivity contribution in [3.8, 4) is 0 Å². The fourth-order valence-corrected chi connectivity index (χ4v) is 3.61. The highest BCUT2D eigenvalue weighted by Gasteiger charge is 2.54. The summed E-state index contributed by atoms with van der Waals surface area (Å²) in [5.74, 6) is -0.809. The van der Waals surface area contributed by atoms with E-state index in [1.165, 1.54) is 7.11 Å². The molecule has 1 saturated carbocycles. The van der Waals surface area contributed by atoms with Crippen molar-refractivity contribution in [2.75, 3.05) is 7.11 Å². The molecule has 1 N–H and O–H groups in total. The smallest absolute Gasteiger partial charge is 0.408 e. The summed E-state index contributed by atoms with van der Waals surface area (Å²) in [7, 11) is 1.28. The number of benzene rings is 1. The first-order chi connectivity index (χ1) is 12.7. The van der Waals surface area contributed by atoms with Crippen molar-refractivity contribution >= 4 is 17.8 Å². The van der Waals surface area contributed by atoms with Gasteiger partial charge in [-0.1, -0.05) is 43.2 Å². The number of hydrogen-bond donors (Lipinski definition) is 1. The van der Waals surface area contributed by atoms with Gasteiger partial charge < -0.3 is 14.8 Å². The second kappa shape index (κ2) is 8.55. The van der Waals surface area contributed by atoms with Crippen LogP contribution in [-0.4, -0.2) is 30.6 Å². The lowest BCUT2D eigenvalue weighted by molar-refractivity contribution is -0.161. The summed E-state index contributed by atoms with van der Waals surface area (Å²) in [5, 5.41) is 2.79. The van der Waals surface area contributed by atoms with Crippen LogP contribution in [0, 0.1) is 5.41 Å². The second-order valence-electron chi connectivity index (χ2n) is 7.94. The average molecular weight is 375 g/mol. The van der Waals surface area contributed by atoms with Gasteiger partial charge in [-0.3, -0.25) is 9.59 Å². The zero-order valence-corrected chi connectivity index (χ0v) is 16.5. The Morgan fingerprint density at radius 2 is 1.78 bits per heavy atom. The van der Waals surface area contributed by atoms with Gasteiger partial charge in [-0.2, -0.15) is 0 Å². The summed E-state index contributed by atoms with van der Waals surface area (Å²) < 4.78 is 10.4. The number of ketones is 1. The van der Waals surface area contributed by atoms with Crippen LogP contribution in [0.2, 0.25) is 0 Å². The number of nitrogens with one attached hydrogen (secondary N) is 1. The van der Waals surface area contributed by atoms with Gasteiger partial charge in [-0.25, -0.2) is 4.79 Å². The van der Waals surface area contributed by atoms with Crippen molar-refractivity contribution in [1.29, 1.82) is 0 Å². The van der Waals surface area contributed by atoms with Gasteiger partial charge in [0.05, 0.1) is 13.2 Å². The van der Waals surface area contributed by atoms with E-state index in [1.807, 2.05) is 18.2 Å². The Bertz CT molecular complexity index is 680. The molecule has 0 aliphatic heterocycles. The summed E-state index contributed by atoms with van der Waals surface area (Å²) in [6.07, 6.45) is 2.24. The minimum absolute atomic E-state index is 0.197. The Hall–Kier alpha value is -2.37. The van der Waals surface area contributed by atoms with Crippen LogP contribution in [0.5, 0.6) is 0 Å². The predicted octanol–water partition coefficient (Wildman–Crippen LogP) is 3.95. The fourth-order valence-electron chi connectivity index (χ4n) is 3.61. The molecule has 1 amide bonds. The first-order valence-electron chi connectivity index (χ1n) is 9.37. The van der Waals surface area contributed by atoms with E-state index in [4.69, 9.17) is 9.47 Å². The van der Waals surface area contributed by atoms with E-state index in [1.54, 1.807) is 32.9 Å². The number of carbonyl (C=O) groups is 3. The summed E-state index contributed by atoms with van der Waals surface area (Å²) in [6, 6.07) is 8.20. The molecule has 0 heterocycles. The number of rotatable bonds is 4. The molecule has 1 aromatic rings. The molecule has 0 saturated heterocycles. The molecule has 0 unspecified atom stereocenters. The summed E-state index contributed by atoms with van der Waals surface area (Å²) in [4.78, 5) is 38.6. The van der Waals surface area contributed by atoms with Crippen molar-refractivity contribution in [2.45, 2.75) is 64.5 Å². The summed E-state index contributed by atoms with van der Waals surface area (Å²) in [6.45, 7) is 5.28. The first-order valence-corrected chi connectivity index (χ1v) is 9.37. The third kappa shape index (κ3) is 4.87. The number of hydrogen-bond acceptors (Lipinski definition) is 5. The highest BCUT2D eigenvalue weighted by atomic mass is 16.6. The Morgan fingerprint density at radius 1 is 1.11 bits per heavy atom. The van der Waals surface area contributed by atoms with Crippen LogP contribution >= 0.6 is 0 Å². The number of methoxy groups -OCH3 is 1. The molecular weight excluding hydrogens is 346 g/mol. The highest BCUT2D eigenvalue weighted by Crippen LogP contribution is 2.44. The van der Waals surface area contributed by atoms with Crippen LogP contribution in [0.15, 0.2) is 30.3 Å². The third-order valence-corrected chi connectivity index (χ3v) is 4.81. The molecule has 148 valence electrons. The minimum Gasteiger partial charge on any atom is -0.468 e. The van der Waals surface area contributed by atoms with Gasteiger partial charge in [0.1, 0.15) is 5.60 Å². The van der Waals surface area contributed by atoms with E-state index in [0.29, 0.717) is 18.4 Å². The molecule has 1 aliphatic carbocycles. The number of ether oxygens (including phenoxy) is 2. The van der Waals surface area contributed by atoms with Crippen LogP contribution in [-0.2, 0) is 19.1 Å². The van der Waals surface area contributed by atoms with Crippen molar-refractivity contribution < 1.29 is 23.9 Å². The van der Waals surface area contributed by atoms with Crippen molar-refractivity contribution in [2.24, 2.45) is 5.41 Å². The predicted molar refractivity (Wildman–Crippen MR) is 101 cm³/mol. The largest absolute Gasteiger partial charge is 0.468 e. The van der Waals surface area contributed by atoms with Crippen LogP contribution in [0.1, 0.15) is 64.5 Å². The maximum atomic E-state index is 13.1. The molecule has 27 heavy (non-hydrogen) atoms. The second-order valence-corrected chi connectivity index (χ2v) is 7.94. The van der Waals surface area contributed by atoms with E-state index >= 15 is 0 Å². The van der Waals surface area contributed by atoms with Gasteiger partial charge >= 0.3 is 12.1 Å². The molecule has 0 radical (unpaired) electrons. The van der Waals surface area contributed by atoms with Crippen LogP contribution in [0.25, 0.3) is 0 Å². The molecule has 1 aliphatic rings. The quantitative estimate of drug-likeness (QED) is 0.490. The number of Topliss-reactive ketones (excluding diaryl/α,β-unsaturated/α-hetero) is 1. The molecule has 6 nitrogen and oxygen atoms in total.